The number of benzene rings is 1. The highest BCUT2D eigenvalue weighted by molar-refractivity contribution is 7.17. The Labute approximate surface area is 146 Å². The van der Waals surface area contributed by atoms with Gasteiger partial charge in [-0.3, -0.25) is 4.79 Å². The van der Waals surface area contributed by atoms with Gasteiger partial charge in [0.25, 0.3) is 5.91 Å². The molecule has 1 aliphatic carbocycles. The molecule has 1 N–H and O–H groups in total. The van der Waals surface area contributed by atoms with Crippen LogP contribution in [-0.2, 0) is 6.54 Å². The average molecular weight is 338 g/mol. The van der Waals surface area contributed by atoms with Gasteiger partial charge in [0.1, 0.15) is 5.69 Å². The summed E-state index contributed by atoms with van der Waals surface area (Å²) in [7, 11) is 0. The normalized spacial score (nSPS) is 15.2. The molecule has 0 bridgehead atoms. The van der Waals surface area contributed by atoms with Crippen LogP contribution in [0.4, 0.5) is 0 Å². The Balaban J connectivity index is 1.61. The van der Waals surface area contributed by atoms with Crippen molar-refractivity contribution < 1.29 is 4.79 Å². The van der Waals surface area contributed by atoms with E-state index in [0.29, 0.717) is 12.6 Å². The van der Waals surface area contributed by atoms with E-state index in [1.165, 1.54) is 47.0 Å². The summed E-state index contributed by atoms with van der Waals surface area (Å²) in [5.41, 5.74) is 4.42. The molecule has 4 heteroatoms. The van der Waals surface area contributed by atoms with E-state index in [2.05, 4.69) is 46.5 Å². The van der Waals surface area contributed by atoms with Gasteiger partial charge in [-0.25, -0.2) is 0 Å². The number of aryl methyl sites for hydroxylation is 1. The smallest absolute Gasteiger partial charge is 0.268 e. The molecule has 0 radical (unpaired) electrons. The van der Waals surface area contributed by atoms with Crippen molar-refractivity contribution >= 4 is 27.5 Å². The van der Waals surface area contributed by atoms with Crippen LogP contribution in [0.5, 0.6) is 0 Å². The minimum absolute atomic E-state index is 0.0357. The number of carbonyl (C=O) groups is 1. The lowest BCUT2D eigenvalue weighted by Gasteiger charge is -2.17. The van der Waals surface area contributed by atoms with Gasteiger partial charge in [-0.15, -0.1) is 11.3 Å². The maximum absolute atomic E-state index is 12.8. The molecule has 2 heterocycles. The first-order valence-corrected chi connectivity index (χ1v) is 9.53. The van der Waals surface area contributed by atoms with Gasteiger partial charge < -0.3 is 9.88 Å². The van der Waals surface area contributed by atoms with Gasteiger partial charge >= 0.3 is 0 Å². The molecule has 0 atom stereocenters. The number of thiophene rings is 1. The first kappa shape index (κ1) is 15.5. The summed E-state index contributed by atoms with van der Waals surface area (Å²) in [6, 6.07) is 12.9. The third-order valence-corrected chi connectivity index (χ3v) is 5.94. The van der Waals surface area contributed by atoms with E-state index in [9.17, 15) is 4.79 Å². The standard InChI is InChI=1S/C20H22N2OS/c1-14-6-2-3-7-15(14)13-21-20(23)18-12-19-17(10-11-24-19)22(18)16-8-4-5-9-16/h2-3,6-7,10-12,16H,4-5,8-9,13H2,1H3,(H,21,23). The fourth-order valence-electron chi connectivity index (χ4n) is 3.75. The number of carbonyl (C=O) groups excluding carboxylic acids is 1. The molecule has 3 nitrogen and oxygen atoms in total. The SMILES string of the molecule is Cc1ccccc1CNC(=O)c1cc2sccc2n1C1CCCC1. The monoisotopic (exact) mass is 338 g/mol. The van der Waals surface area contributed by atoms with Crippen molar-refractivity contribution in [1.82, 2.24) is 9.88 Å². The number of hydrogen-bond acceptors (Lipinski definition) is 2. The minimum atomic E-state index is 0.0357. The summed E-state index contributed by atoms with van der Waals surface area (Å²) < 4.78 is 3.49. The molecule has 0 spiro atoms. The Morgan fingerprint density at radius 1 is 1.25 bits per heavy atom. The highest BCUT2D eigenvalue weighted by Gasteiger charge is 2.24. The van der Waals surface area contributed by atoms with Crippen molar-refractivity contribution in [3.8, 4) is 0 Å². The molecule has 1 saturated carbocycles. The fourth-order valence-corrected chi connectivity index (χ4v) is 4.56. The van der Waals surface area contributed by atoms with Crippen LogP contribution in [0.15, 0.2) is 41.8 Å². The van der Waals surface area contributed by atoms with Gasteiger partial charge in [-0.2, -0.15) is 0 Å². The Morgan fingerprint density at radius 3 is 2.83 bits per heavy atom. The molecule has 4 rings (SSSR count). The Kier molecular flexibility index (Phi) is 4.15. The second-order valence-corrected chi connectivity index (χ2v) is 7.56. The highest BCUT2D eigenvalue weighted by Crippen LogP contribution is 2.36. The van der Waals surface area contributed by atoms with Gasteiger partial charge in [0.2, 0.25) is 0 Å². The maximum atomic E-state index is 12.8. The van der Waals surface area contributed by atoms with Gasteiger partial charge in [-0.05, 0) is 48.4 Å². The number of amides is 1. The van der Waals surface area contributed by atoms with E-state index in [-0.39, 0.29) is 5.91 Å². The van der Waals surface area contributed by atoms with Crippen LogP contribution in [0.2, 0.25) is 0 Å². The molecule has 3 aromatic rings. The van der Waals surface area contributed by atoms with Gasteiger partial charge in [-0.1, -0.05) is 37.1 Å². The maximum Gasteiger partial charge on any atom is 0.268 e. The average Bonchev–Trinajstić information content (AvgIpc) is 3.29. The Bertz CT molecular complexity index is 871. The summed E-state index contributed by atoms with van der Waals surface area (Å²) in [5, 5.41) is 5.23. The molecular formula is C20H22N2OS. The summed E-state index contributed by atoms with van der Waals surface area (Å²) in [6.45, 7) is 2.66. The van der Waals surface area contributed by atoms with Crippen LogP contribution in [0, 0.1) is 6.92 Å². The number of hydrogen-bond donors (Lipinski definition) is 1. The van der Waals surface area contributed by atoms with Crippen molar-refractivity contribution in [2.75, 3.05) is 0 Å². The van der Waals surface area contributed by atoms with Crippen LogP contribution in [-0.4, -0.2) is 10.5 Å². The molecule has 0 aliphatic heterocycles. The quantitative estimate of drug-likeness (QED) is 0.709. The van der Waals surface area contributed by atoms with E-state index in [4.69, 9.17) is 0 Å². The van der Waals surface area contributed by atoms with Crippen LogP contribution in [0.1, 0.15) is 53.3 Å². The minimum Gasteiger partial charge on any atom is -0.347 e. The first-order valence-electron chi connectivity index (χ1n) is 8.65. The lowest BCUT2D eigenvalue weighted by atomic mass is 10.1. The largest absolute Gasteiger partial charge is 0.347 e. The van der Waals surface area contributed by atoms with Crippen LogP contribution in [0.3, 0.4) is 0 Å². The van der Waals surface area contributed by atoms with Gasteiger partial charge in [0, 0.05) is 12.6 Å². The lowest BCUT2D eigenvalue weighted by molar-refractivity contribution is 0.0940. The van der Waals surface area contributed by atoms with Crippen molar-refractivity contribution in [2.45, 2.75) is 45.2 Å². The summed E-state index contributed by atoms with van der Waals surface area (Å²) in [5.74, 6) is 0.0357. The molecule has 124 valence electrons. The van der Waals surface area contributed by atoms with Crippen molar-refractivity contribution in [3.63, 3.8) is 0 Å². The highest BCUT2D eigenvalue weighted by atomic mass is 32.1. The lowest BCUT2D eigenvalue weighted by Crippen LogP contribution is -2.26. The molecule has 1 amide bonds. The summed E-state index contributed by atoms with van der Waals surface area (Å²) in [6.07, 6.45) is 4.88. The molecule has 1 aromatic carbocycles. The van der Waals surface area contributed by atoms with E-state index < -0.39 is 0 Å². The molecule has 0 saturated heterocycles. The van der Waals surface area contributed by atoms with E-state index in [1.54, 1.807) is 11.3 Å². The second-order valence-electron chi connectivity index (χ2n) is 6.62. The fraction of sp³-hybridized carbons (Fsp3) is 0.350. The molecular weight excluding hydrogens is 316 g/mol. The predicted molar refractivity (Wildman–Crippen MR) is 99.7 cm³/mol. The second kappa shape index (κ2) is 6.44. The number of fused-ring (bicyclic) bond motifs is 1. The van der Waals surface area contributed by atoms with Crippen molar-refractivity contribution in [3.05, 3.63) is 58.6 Å². The van der Waals surface area contributed by atoms with E-state index in [0.717, 1.165) is 5.69 Å². The zero-order chi connectivity index (χ0) is 16.5. The van der Waals surface area contributed by atoms with Crippen molar-refractivity contribution in [1.29, 1.82) is 0 Å². The third-order valence-electron chi connectivity index (χ3n) is 5.08. The molecule has 0 unspecified atom stereocenters. The third kappa shape index (κ3) is 2.75. The summed E-state index contributed by atoms with van der Waals surface area (Å²) in [4.78, 5) is 12.8. The van der Waals surface area contributed by atoms with Crippen LogP contribution < -0.4 is 5.32 Å². The van der Waals surface area contributed by atoms with Gasteiger partial charge in [0.15, 0.2) is 0 Å². The first-order chi connectivity index (χ1) is 11.7. The molecule has 2 aromatic heterocycles. The zero-order valence-corrected chi connectivity index (χ0v) is 14.7. The Hall–Kier alpha value is -2.07. The van der Waals surface area contributed by atoms with Gasteiger partial charge in [0.05, 0.1) is 10.2 Å². The summed E-state index contributed by atoms with van der Waals surface area (Å²) >= 11 is 1.71. The van der Waals surface area contributed by atoms with E-state index in [1.807, 2.05) is 12.1 Å². The number of nitrogens with zero attached hydrogens (tertiary/aromatic N) is 1. The zero-order valence-electron chi connectivity index (χ0n) is 13.9. The molecule has 1 fully saturated rings. The predicted octanol–water partition coefficient (Wildman–Crippen LogP) is 5.06. The van der Waals surface area contributed by atoms with Crippen molar-refractivity contribution in [2.24, 2.45) is 0 Å². The molecule has 1 aliphatic rings. The van der Waals surface area contributed by atoms with Crippen LogP contribution >= 0.6 is 11.3 Å². The Morgan fingerprint density at radius 2 is 2.04 bits per heavy atom. The topological polar surface area (TPSA) is 34.0 Å². The number of aromatic nitrogens is 1. The number of nitrogens with one attached hydrogen (secondary N) is 1. The molecule has 24 heavy (non-hydrogen) atoms. The number of rotatable bonds is 4. The van der Waals surface area contributed by atoms with Crippen LogP contribution in [0.25, 0.3) is 10.2 Å². The van der Waals surface area contributed by atoms with E-state index >= 15 is 0 Å².